The molecule has 134 valence electrons. The summed E-state index contributed by atoms with van der Waals surface area (Å²) in [5, 5.41) is 0. The standard InChI is InChI=1S/C17H26N4S2.HI/c18-17(20-6-9-22-10-7-20)19-12-16-14-23-11-8-21(16)13-15-4-2-1-3-5-15;/h1-5,16H,6-14H2,(H2,18,19);1H. The van der Waals surface area contributed by atoms with Gasteiger partial charge in [0.1, 0.15) is 0 Å². The molecule has 0 aliphatic carbocycles. The monoisotopic (exact) mass is 478 g/mol. The molecule has 4 nitrogen and oxygen atoms in total. The Morgan fingerprint density at radius 2 is 1.79 bits per heavy atom. The quantitative estimate of drug-likeness (QED) is 0.410. The van der Waals surface area contributed by atoms with Gasteiger partial charge in [0, 0.05) is 55.2 Å². The lowest BCUT2D eigenvalue weighted by molar-refractivity contribution is 0.214. The number of aliphatic imine (C=N–C) groups is 1. The molecule has 7 heteroatoms. The van der Waals surface area contributed by atoms with Crippen molar-refractivity contribution in [2.75, 3.05) is 49.2 Å². The molecule has 24 heavy (non-hydrogen) atoms. The van der Waals surface area contributed by atoms with Crippen LogP contribution >= 0.6 is 47.5 Å². The lowest BCUT2D eigenvalue weighted by atomic mass is 10.2. The van der Waals surface area contributed by atoms with E-state index in [2.05, 4.69) is 40.1 Å². The maximum absolute atomic E-state index is 6.20. The summed E-state index contributed by atoms with van der Waals surface area (Å²) in [4.78, 5) is 9.51. The molecule has 0 radical (unpaired) electrons. The van der Waals surface area contributed by atoms with E-state index in [4.69, 9.17) is 10.7 Å². The number of rotatable bonds is 4. The smallest absolute Gasteiger partial charge is 0.191 e. The Balaban J connectivity index is 0.00000208. The van der Waals surface area contributed by atoms with Gasteiger partial charge in [-0.1, -0.05) is 30.3 Å². The third-order valence-electron chi connectivity index (χ3n) is 4.38. The van der Waals surface area contributed by atoms with Crippen LogP contribution in [-0.4, -0.2) is 71.0 Å². The lowest BCUT2D eigenvalue weighted by Gasteiger charge is -2.35. The van der Waals surface area contributed by atoms with Gasteiger partial charge in [-0.2, -0.15) is 23.5 Å². The zero-order chi connectivity index (χ0) is 15.9. The molecular formula is C17H27IN4S2. The predicted molar refractivity (Wildman–Crippen MR) is 119 cm³/mol. The van der Waals surface area contributed by atoms with Crippen molar-refractivity contribution in [1.29, 1.82) is 0 Å². The van der Waals surface area contributed by atoms with Gasteiger partial charge in [-0.05, 0) is 5.56 Å². The van der Waals surface area contributed by atoms with Crippen LogP contribution in [0.2, 0.25) is 0 Å². The van der Waals surface area contributed by atoms with Crippen molar-refractivity contribution in [3.05, 3.63) is 35.9 Å². The maximum Gasteiger partial charge on any atom is 0.191 e. The molecule has 0 saturated carbocycles. The fourth-order valence-electron chi connectivity index (χ4n) is 2.97. The fourth-order valence-corrected chi connectivity index (χ4v) is 5.00. The van der Waals surface area contributed by atoms with Crippen LogP contribution in [0.3, 0.4) is 0 Å². The fraction of sp³-hybridized carbons (Fsp3) is 0.588. The third kappa shape index (κ3) is 6.00. The van der Waals surface area contributed by atoms with Gasteiger partial charge in [0.15, 0.2) is 5.96 Å². The van der Waals surface area contributed by atoms with Gasteiger partial charge in [-0.15, -0.1) is 24.0 Å². The first-order valence-corrected chi connectivity index (χ1v) is 10.6. The molecule has 2 aliphatic heterocycles. The molecule has 1 atom stereocenters. The highest BCUT2D eigenvalue weighted by Crippen LogP contribution is 2.19. The summed E-state index contributed by atoms with van der Waals surface area (Å²) in [5.74, 6) is 5.43. The normalized spacial score (nSPS) is 22.9. The SMILES string of the molecule is I.NC(=NCC1CSCCN1Cc1ccccc1)N1CCSCC1. The molecule has 1 unspecified atom stereocenters. The lowest BCUT2D eigenvalue weighted by Crippen LogP contribution is -2.46. The molecule has 3 rings (SSSR count). The van der Waals surface area contributed by atoms with Gasteiger partial charge < -0.3 is 10.6 Å². The second kappa shape index (κ2) is 10.8. The summed E-state index contributed by atoms with van der Waals surface area (Å²) in [6.45, 7) is 5.04. The molecule has 0 amide bonds. The van der Waals surface area contributed by atoms with Crippen LogP contribution in [0.1, 0.15) is 5.56 Å². The predicted octanol–water partition coefficient (Wildman–Crippen LogP) is 2.59. The van der Waals surface area contributed by atoms with Gasteiger partial charge in [-0.25, -0.2) is 0 Å². The number of hydrogen-bond acceptors (Lipinski definition) is 4. The van der Waals surface area contributed by atoms with E-state index >= 15 is 0 Å². The average molecular weight is 478 g/mol. The molecule has 0 bridgehead atoms. The Hall–Kier alpha value is -0.120. The number of benzene rings is 1. The van der Waals surface area contributed by atoms with E-state index in [-0.39, 0.29) is 24.0 Å². The summed E-state index contributed by atoms with van der Waals surface area (Å²) >= 11 is 4.04. The third-order valence-corrected chi connectivity index (χ3v) is 6.41. The van der Waals surface area contributed by atoms with E-state index < -0.39 is 0 Å². The molecule has 2 N–H and O–H groups in total. The Morgan fingerprint density at radius 1 is 1.08 bits per heavy atom. The summed E-state index contributed by atoms with van der Waals surface area (Å²) < 4.78 is 0. The highest BCUT2D eigenvalue weighted by Gasteiger charge is 2.23. The van der Waals surface area contributed by atoms with E-state index in [0.29, 0.717) is 6.04 Å². The van der Waals surface area contributed by atoms with E-state index in [1.54, 1.807) is 0 Å². The zero-order valence-electron chi connectivity index (χ0n) is 14.0. The van der Waals surface area contributed by atoms with Crippen LogP contribution in [-0.2, 0) is 6.54 Å². The van der Waals surface area contributed by atoms with E-state index in [1.807, 2.05) is 23.5 Å². The number of hydrogen-bond donors (Lipinski definition) is 1. The Bertz CT molecular complexity index is 509. The topological polar surface area (TPSA) is 44.9 Å². The summed E-state index contributed by atoms with van der Waals surface area (Å²) in [5.41, 5.74) is 7.59. The van der Waals surface area contributed by atoms with Crippen LogP contribution in [0.5, 0.6) is 0 Å². The van der Waals surface area contributed by atoms with E-state index in [9.17, 15) is 0 Å². The average Bonchev–Trinajstić information content (AvgIpc) is 2.62. The van der Waals surface area contributed by atoms with Crippen LogP contribution in [0.15, 0.2) is 35.3 Å². The van der Waals surface area contributed by atoms with E-state index in [1.165, 1.54) is 11.3 Å². The summed E-state index contributed by atoms with van der Waals surface area (Å²) in [6.07, 6.45) is 0. The first-order valence-electron chi connectivity index (χ1n) is 8.31. The van der Waals surface area contributed by atoms with Crippen LogP contribution in [0.25, 0.3) is 0 Å². The maximum atomic E-state index is 6.20. The summed E-state index contributed by atoms with van der Waals surface area (Å²) in [6, 6.07) is 11.2. The number of guanidine groups is 1. The Morgan fingerprint density at radius 3 is 2.54 bits per heavy atom. The molecule has 2 aliphatic rings. The highest BCUT2D eigenvalue weighted by molar-refractivity contribution is 14.0. The molecule has 1 aromatic carbocycles. The van der Waals surface area contributed by atoms with Crippen molar-refractivity contribution < 1.29 is 0 Å². The van der Waals surface area contributed by atoms with Crippen LogP contribution < -0.4 is 5.73 Å². The second-order valence-corrected chi connectivity index (χ2v) is 8.36. The van der Waals surface area contributed by atoms with Crippen molar-refractivity contribution >= 4 is 53.5 Å². The van der Waals surface area contributed by atoms with Crippen molar-refractivity contribution in [2.45, 2.75) is 12.6 Å². The molecule has 0 aromatic heterocycles. The van der Waals surface area contributed by atoms with Gasteiger partial charge in [0.2, 0.25) is 0 Å². The van der Waals surface area contributed by atoms with Gasteiger partial charge >= 0.3 is 0 Å². The highest BCUT2D eigenvalue weighted by atomic mass is 127. The van der Waals surface area contributed by atoms with Crippen LogP contribution in [0.4, 0.5) is 0 Å². The minimum absolute atomic E-state index is 0. The molecule has 1 aromatic rings. The van der Waals surface area contributed by atoms with Crippen molar-refractivity contribution in [2.24, 2.45) is 10.7 Å². The van der Waals surface area contributed by atoms with Gasteiger partial charge in [0.25, 0.3) is 0 Å². The first-order chi connectivity index (χ1) is 11.3. The molecule has 2 heterocycles. The number of thioether (sulfide) groups is 2. The first kappa shape index (κ1) is 20.2. The van der Waals surface area contributed by atoms with Crippen molar-refractivity contribution in [3.8, 4) is 0 Å². The number of nitrogens with zero attached hydrogens (tertiary/aromatic N) is 3. The second-order valence-electron chi connectivity index (χ2n) is 5.98. The number of halogens is 1. The van der Waals surface area contributed by atoms with E-state index in [0.717, 1.165) is 55.9 Å². The van der Waals surface area contributed by atoms with Gasteiger partial charge in [0.05, 0.1) is 6.54 Å². The largest absolute Gasteiger partial charge is 0.370 e. The Kier molecular flexibility index (Phi) is 9.07. The van der Waals surface area contributed by atoms with Crippen molar-refractivity contribution in [3.63, 3.8) is 0 Å². The minimum Gasteiger partial charge on any atom is -0.370 e. The van der Waals surface area contributed by atoms with Crippen molar-refractivity contribution in [1.82, 2.24) is 9.80 Å². The Labute approximate surface area is 171 Å². The molecular weight excluding hydrogens is 451 g/mol. The molecule has 2 fully saturated rings. The van der Waals surface area contributed by atoms with Crippen LogP contribution in [0, 0.1) is 0 Å². The summed E-state index contributed by atoms with van der Waals surface area (Å²) in [7, 11) is 0. The molecule has 2 saturated heterocycles. The van der Waals surface area contributed by atoms with Gasteiger partial charge in [-0.3, -0.25) is 9.89 Å². The molecule has 0 spiro atoms. The zero-order valence-corrected chi connectivity index (χ0v) is 17.9. The number of nitrogens with two attached hydrogens (primary N) is 1. The minimum atomic E-state index is 0.